The molecule has 42 heavy (non-hydrogen) atoms. The third-order valence-electron chi connectivity index (χ3n) is 8.53. The van der Waals surface area contributed by atoms with Crippen molar-refractivity contribution in [1.29, 1.82) is 10.7 Å². The summed E-state index contributed by atoms with van der Waals surface area (Å²) >= 11 is 0. The molecule has 5 N–H and O–H groups in total. The summed E-state index contributed by atoms with van der Waals surface area (Å²) in [7, 11) is 6.94. The van der Waals surface area contributed by atoms with Crippen LogP contribution in [0.25, 0.3) is 0 Å². The van der Waals surface area contributed by atoms with Crippen LogP contribution in [0.15, 0.2) is 36.4 Å². The molecule has 2 unspecified atom stereocenters. The Kier molecular flexibility index (Phi) is 9.02. The predicted octanol–water partition coefficient (Wildman–Crippen LogP) is 2.17. The molecule has 3 atom stereocenters. The van der Waals surface area contributed by atoms with Gasteiger partial charge in [-0.3, -0.25) is 15.0 Å². The number of aliphatic hydroxyl groups is 1. The van der Waals surface area contributed by atoms with E-state index in [4.69, 9.17) is 11.1 Å². The molecule has 1 saturated heterocycles. The van der Waals surface area contributed by atoms with E-state index in [1.165, 1.54) is 4.90 Å². The highest BCUT2D eigenvalue weighted by atomic mass is 16.3. The molecule has 2 amide bonds. The molecule has 2 aliphatic rings. The molecule has 1 aliphatic carbocycles. The number of amidine groups is 1. The minimum atomic E-state index is -1.22. The fourth-order valence-corrected chi connectivity index (χ4v) is 6.35. The van der Waals surface area contributed by atoms with Crippen LogP contribution in [0.5, 0.6) is 0 Å². The van der Waals surface area contributed by atoms with Crippen LogP contribution in [-0.2, 0) is 23.1 Å². The third kappa shape index (κ3) is 5.74. The van der Waals surface area contributed by atoms with E-state index in [0.29, 0.717) is 42.8 Å². The first-order chi connectivity index (χ1) is 19.9. The standard InChI is InChI=1S/C32H41N7O3/c1-20(36-19-28(34)39-14-6-7-25(39)18-33)17-32(31(35)42)26-12-10-23(29(40)37(2)3)15-21(26)8-9-22-16-24(11-13-27(22)32)30(41)38(4)5/h10-13,15-16,20,25,34,36H,6-9,14,17,19H2,1-5H3,(H2,35,42)/p+1/t20-,25?/m1/s1. The van der Waals surface area contributed by atoms with Crippen LogP contribution in [0.4, 0.5) is 0 Å². The molecule has 0 radical (unpaired) electrons. The molecule has 1 heterocycles. The van der Waals surface area contributed by atoms with Gasteiger partial charge in [0.25, 0.3) is 5.91 Å². The number of hydrogen-bond acceptors (Lipinski definition) is 5. The van der Waals surface area contributed by atoms with Crippen molar-refractivity contribution >= 4 is 23.5 Å². The molecule has 10 nitrogen and oxygen atoms in total. The van der Waals surface area contributed by atoms with Gasteiger partial charge in [-0.2, -0.15) is 5.26 Å². The number of likely N-dealkylation sites (tertiary alicyclic amines) is 1. The number of nitrogens with zero attached hydrogens (tertiary/aromatic N) is 4. The number of rotatable bonds is 8. The van der Waals surface area contributed by atoms with E-state index in [1.807, 2.05) is 42.2 Å². The monoisotopic (exact) mass is 572 g/mol. The van der Waals surface area contributed by atoms with Gasteiger partial charge >= 0.3 is 5.90 Å². The highest BCUT2D eigenvalue weighted by Gasteiger charge is 2.46. The fraction of sp³-hybridized carbons (Fsp3) is 0.469. The Morgan fingerprint density at radius 1 is 1.19 bits per heavy atom. The number of carbonyl (C=O) groups is 2. The second-order valence-corrected chi connectivity index (χ2v) is 11.8. The summed E-state index contributed by atoms with van der Waals surface area (Å²) in [5.74, 6) is -0.149. The van der Waals surface area contributed by atoms with Crippen molar-refractivity contribution in [3.8, 4) is 6.07 Å². The van der Waals surface area contributed by atoms with Gasteiger partial charge in [0, 0.05) is 32.2 Å². The molecule has 2 aromatic rings. The summed E-state index contributed by atoms with van der Waals surface area (Å²) < 4.78 is 1.63. The van der Waals surface area contributed by atoms with Crippen LogP contribution in [0.1, 0.15) is 64.4 Å². The molecule has 1 aliphatic heterocycles. The Bertz CT molecular complexity index is 1470. The van der Waals surface area contributed by atoms with E-state index in [1.54, 1.807) is 38.8 Å². The Balaban J connectivity index is 1.78. The van der Waals surface area contributed by atoms with Gasteiger partial charge in [-0.15, -0.1) is 0 Å². The van der Waals surface area contributed by atoms with E-state index >= 15 is 0 Å². The van der Waals surface area contributed by atoms with E-state index in [0.717, 1.165) is 35.1 Å². The van der Waals surface area contributed by atoms with Crippen molar-refractivity contribution in [2.24, 2.45) is 5.73 Å². The average molecular weight is 573 g/mol. The van der Waals surface area contributed by atoms with Crippen molar-refractivity contribution < 1.29 is 19.3 Å². The summed E-state index contributed by atoms with van der Waals surface area (Å²) in [6, 6.07) is 12.9. The van der Waals surface area contributed by atoms with Crippen LogP contribution < -0.4 is 11.1 Å². The second kappa shape index (κ2) is 12.3. The molecule has 0 saturated carbocycles. The SMILES string of the molecule is C[C@H](CC1(C(N)=O)c2ccc(C(=O)N(C)C)cc2CCc2cc(C(O)=[N+](C)C)ccc21)NCC(=N)N1CCCC1C#N. The topological polar surface area (TPSA) is 150 Å². The predicted molar refractivity (Wildman–Crippen MR) is 162 cm³/mol. The number of aryl methyl sites for hydroxylation is 2. The van der Waals surface area contributed by atoms with Crippen molar-refractivity contribution in [3.05, 3.63) is 69.8 Å². The molecule has 2 aromatic carbocycles. The molecule has 222 valence electrons. The maximum Gasteiger partial charge on any atom is 0.366 e. The molecule has 1 fully saturated rings. The largest absolute Gasteiger partial charge is 0.460 e. The number of amides is 2. The van der Waals surface area contributed by atoms with Gasteiger partial charge in [-0.25, -0.2) is 4.58 Å². The average Bonchev–Trinajstić information content (AvgIpc) is 3.40. The molecule has 4 rings (SSSR count). The number of nitrogens with two attached hydrogens (primary N) is 1. The maximum atomic E-state index is 13.7. The second-order valence-electron chi connectivity index (χ2n) is 11.8. The van der Waals surface area contributed by atoms with Crippen LogP contribution in [0, 0.1) is 16.7 Å². The Morgan fingerprint density at radius 3 is 2.33 bits per heavy atom. The first-order valence-corrected chi connectivity index (χ1v) is 14.4. The Morgan fingerprint density at radius 2 is 1.79 bits per heavy atom. The summed E-state index contributed by atoms with van der Waals surface area (Å²) in [6.07, 6.45) is 3.15. The lowest BCUT2D eigenvalue weighted by atomic mass is 9.68. The molecule has 0 aromatic heterocycles. The van der Waals surface area contributed by atoms with Crippen molar-refractivity contribution in [1.82, 2.24) is 15.1 Å². The first kappa shape index (κ1) is 30.7. The van der Waals surface area contributed by atoms with Gasteiger partial charge in [0.15, 0.2) is 0 Å². The summed E-state index contributed by atoms with van der Waals surface area (Å²) in [5.41, 5.74) is 9.65. The van der Waals surface area contributed by atoms with Gasteiger partial charge < -0.3 is 26.0 Å². The summed E-state index contributed by atoms with van der Waals surface area (Å²) in [6.45, 7) is 2.92. The van der Waals surface area contributed by atoms with Gasteiger partial charge in [-0.1, -0.05) is 12.1 Å². The Labute approximate surface area is 247 Å². The lowest BCUT2D eigenvalue weighted by molar-refractivity contribution is -0.472. The lowest BCUT2D eigenvalue weighted by Crippen LogP contribution is -2.49. The zero-order valence-corrected chi connectivity index (χ0v) is 25.2. The lowest BCUT2D eigenvalue weighted by Gasteiger charge is -2.36. The van der Waals surface area contributed by atoms with Gasteiger partial charge in [-0.05, 0) is 85.5 Å². The number of primary amides is 1. The van der Waals surface area contributed by atoms with Gasteiger partial charge in [0.1, 0.15) is 31.4 Å². The highest BCUT2D eigenvalue weighted by Crippen LogP contribution is 2.43. The van der Waals surface area contributed by atoms with Crippen LogP contribution in [0.3, 0.4) is 0 Å². The van der Waals surface area contributed by atoms with Crippen molar-refractivity contribution in [3.63, 3.8) is 0 Å². The van der Waals surface area contributed by atoms with Gasteiger partial charge in [0.2, 0.25) is 5.91 Å². The zero-order chi connectivity index (χ0) is 30.8. The number of nitriles is 1. The molecule has 10 heteroatoms. The third-order valence-corrected chi connectivity index (χ3v) is 8.53. The zero-order valence-electron chi connectivity index (χ0n) is 25.2. The van der Waals surface area contributed by atoms with E-state index in [9.17, 15) is 20.0 Å². The van der Waals surface area contributed by atoms with E-state index < -0.39 is 11.3 Å². The van der Waals surface area contributed by atoms with Gasteiger partial charge in [0.05, 0.1) is 18.2 Å². The Hall–Kier alpha value is -4.23. The van der Waals surface area contributed by atoms with Crippen LogP contribution >= 0.6 is 0 Å². The quantitative estimate of drug-likeness (QED) is 0.216. The number of hydrogen-bond donors (Lipinski definition) is 4. The normalized spacial score (nSPS) is 20.0. The maximum absolute atomic E-state index is 13.7. The summed E-state index contributed by atoms with van der Waals surface area (Å²) in [4.78, 5) is 29.9. The number of fused-ring (bicyclic) bond motifs is 2. The molecule has 0 spiro atoms. The number of nitrogens with one attached hydrogen (secondary N) is 2. The van der Waals surface area contributed by atoms with Crippen LogP contribution in [0.2, 0.25) is 0 Å². The number of carbonyl (C=O) groups excluding carboxylic acids is 2. The fourth-order valence-electron chi connectivity index (χ4n) is 6.35. The molecular weight excluding hydrogens is 530 g/mol. The number of benzene rings is 2. The smallest absolute Gasteiger partial charge is 0.366 e. The number of aliphatic hydroxyl groups excluding tert-OH is 1. The van der Waals surface area contributed by atoms with Crippen molar-refractivity contribution in [2.45, 2.75) is 56.5 Å². The van der Waals surface area contributed by atoms with Crippen molar-refractivity contribution in [2.75, 3.05) is 41.3 Å². The van der Waals surface area contributed by atoms with E-state index in [-0.39, 0.29) is 30.4 Å². The minimum absolute atomic E-state index is 0.120. The first-order valence-electron chi connectivity index (χ1n) is 14.4. The van der Waals surface area contributed by atoms with E-state index in [2.05, 4.69) is 11.4 Å². The van der Waals surface area contributed by atoms with Crippen LogP contribution in [-0.4, -0.2) is 96.4 Å². The highest BCUT2D eigenvalue weighted by molar-refractivity contribution is 5.96. The minimum Gasteiger partial charge on any atom is -0.460 e. The molecule has 0 bridgehead atoms. The summed E-state index contributed by atoms with van der Waals surface area (Å²) in [5, 5.41) is 32.1. The molecular formula is C32H42N7O3+.